The van der Waals surface area contributed by atoms with Crippen LogP contribution in [0.3, 0.4) is 0 Å². The number of ether oxygens (including phenoxy) is 1. The van der Waals surface area contributed by atoms with Gasteiger partial charge in [-0.1, -0.05) is 25.5 Å². The molecule has 2 atom stereocenters. The summed E-state index contributed by atoms with van der Waals surface area (Å²) in [6, 6.07) is 5.25. The predicted octanol–water partition coefficient (Wildman–Crippen LogP) is 6.23. The highest BCUT2D eigenvalue weighted by Gasteiger charge is 2.27. The van der Waals surface area contributed by atoms with Gasteiger partial charge in [0.2, 0.25) is 0 Å². The zero-order valence-corrected chi connectivity index (χ0v) is 15.7. The van der Waals surface area contributed by atoms with Gasteiger partial charge in [0.15, 0.2) is 29.1 Å². The molecule has 3 rings (SSSR count). The van der Waals surface area contributed by atoms with Gasteiger partial charge in [-0.15, -0.1) is 0 Å². The third-order valence-electron chi connectivity index (χ3n) is 5.32. The highest BCUT2D eigenvalue weighted by molar-refractivity contribution is 5.29. The number of hydrogen-bond donors (Lipinski definition) is 0. The molecule has 0 radical (unpaired) electrons. The van der Waals surface area contributed by atoms with Crippen molar-refractivity contribution in [3.63, 3.8) is 0 Å². The van der Waals surface area contributed by atoms with Gasteiger partial charge in [-0.2, -0.15) is 0 Å². The smallest absolute Gasteiger partial charge is 0.194 e. The van der Waals surface area contributed by atoms with E-state index < -0.39 is 29.1 Å². The summed E-state index contributed by atoms with van der Waals surface area (Å²) in [4.78, 5) is 0. The van der Waals surface area contributed by atoms with E-state index in [1.54, 1.807) is 12.1 Å². The van der Waals surface area contributed by atoms with Gasteiger partial charge in [0.25, 0.3) is 0 Å². The van der Waals surface area contributed by atoms with Gasteiger partial charge in [0.1, 0.15) is 0 Å². The summed E-state index contributed by atoms with van der Waals surface area (Å²) in [6.07, 6.45) is 3.24. The van der Waals surface area contributed by atoms with Crippen molar-refractivity contribution in [2.75, 3.05) is 6.61 Å². The van der Waals surface area contributed by atoms with E-state index in [9.17, 15) is 22.0 Å². The Hall–Kier alpha value is -1.95. The van der Waals surface area contributed by atoms with Crippen LogP contribution in [0.5, 0.6) is 0 Å². The zero-order chi connectivity index (χ0) is 20.3. The topological polar surface area (TPSA) is 9.23 Å². The first kappa shape index (κ1) is 20.8. The van der Waals surface area contributed by atoms with E-state index in [1.807, 2.05) is 6.92 Å². The molecule has 1 heterocycles. The monoisotopic (exact) mass is 398 g/mol. The summed E-state index contributed by atoms with van der Waals surface area (Å²) < 4.78 is 73.9. The number of aryl methyl sites for hydroxylation is 2. The average molecular weight is 398 g/mol. The molecule has 2 aromatic carbocycles. The molecular weight excluding hydrogens is 375 g/mol. The quantitative estimate of drug-likeness (QED) is 0.414. The largest absolute Gasteiger partial charge is 0.378 e. The third-order valence-corrected chi connectivity index (χ3v) is 5.32. The number of benzene rings is 2. The minimum atomic E-state index is -1.47. The maximum atomic E-state index is 14.4. The highest BCUT2D eigenvalue weighted by atomic mass is 19.2. The van der Waals surface area contributed by atoms with Crippen LogP contribution in [0.15, 0.2) is 24.3 Å². The first-order valence-corrected chi connectivity index (χ1v) is 9.62. The molecule has 1 fully saturated rings. The van der Waals surface area contributed by atoms with Crippen LogP contribution in [0.4, 0.5) is 22.0 Å². The van der Waals surface area contributed by atoms with Gasteiger partial charge in [0.05, 0.1) is 12.7 Å². The second kappa shape index (κ2) is 9.03. The Kier molecular flexibility index (Phi) is 6.70. The predicted molar refractivity (Wildman–Crippen MR) is 96.7 cm³/mol. The van der Waals surface area contributed by atoms with Gasteiger partial charge in [-0.05, 0) is 60.9 Å². The maximum absolute atomic E-state index is 14.4. The standard InChI is InChI=1S/C22H23F5O/c1-2-3-14-6-9-17(21(26)20(14)25)15-5-8-16(28-12-15)7-4-13-10-18(23)22(27)19(24)11-13/h6,9-11,15-16H,2-5,7-8,12H2,1H3. The molecule has 0 aromatic heterocycles. The Balaban J connectivity index is 1.57. The molecule has 28 heavy (non-hydrogen) atoms. The summed E-state index contributed by atoms with van der Waals surface area (Å²) in [5.74, 6) is -5.67. The summed E-state index contributed by atoms with van der Waals surface area (Å²) in [7, 11) is 0. The number of rotatable bonds is 6. The van der Waals surface area contributed by atoms with Crippen molar-refractivity contribution in [2.24, 2.45) is 0 Å². The lowest BCUT2D eigenvalue weighted by Gasteiger charge is -2.30. The molecule has 1 aliphatic heterocycles. The van der Waals surface area contributed by atoms with Gasteiger partial charge in [-0.3, -0.25) is 0 Å². The molecule has 0 bridgehead atoms. The number of halogens is 5. The van der Waals surface area contributed by atoms with Gasteiger partial charge >= 0.3 is 0 Å². The molecule has 1 saturated heterocycles. The molecule has 0 N–H and O–H groups in total. The van der Waals surface area contributed by atoms with Crippen molar-refractivity contribution in [1.29, 1.82) is 0 Å². The third kappa shape index (κ3) is 4.54. The fourth-order valence-corrected chi connectivity index (χ4v) is 3.74. The lowest BCUT2D eigenvalue weighted by molar-refractivity contribution is -0.00130. The summed E-state index contributed by atoms with van der Waals surface area (Å²) in [5.41, 5.74) is 1.08. The SMILES string of the molecule is CCCc1ccc(C2CCC(CCc3cc(F)c(F)c(F)c3)OC2)c(F)c1F. The fraction of sp³-hybridized carbons (Fsp3) is 0.455. The molecule has 6 heteroatoms. The van der Waals surface area contributed by atoms with Crippen LogP contribution in [0.1, 0.15) is 55.2 Å². The lowest BCUT2D eigenvalue weighted by atomic mass is 9.88. The van der Waals surface area contributed by atoms with Crippen LogP contribution < -0.4 is 0 Å². The first-order valence-electron chi connectivity index (χ1n) is 9.62. The van der Waals surface area contributed by atoms with Crippen LogP contribution in [0, 0.1) is 29.1 Å². The van der Waals surface area contributed by atoms with Crippen molar-refractivity contribution in [3.8, 4) is 0 Å². The van der Waals surface area contributed by atoms with Crippen molar-refractivity contribution in [3.05, 3.63) is 70.0 Å². The Morgan fingerprint density at radius 2 is 1.61 bits per heavy atom. The Morgan fingerprint density at radius 3 is 2.21 bits per heavy atom. The first-order chi connectivity index (χ1) is 13.4. The van der Waals surface area contributed by atoms with Gasteiger partial charge in [0, 0.05) is 5.92 Å². The highest BCUT2D eigenvalue weighted by Crippen LogP contribution is 2.33. The van der Waals surface area contributed by atoms with E-state index in [-0.39, 0.29) is 18.6 Å². The molecule has 2 aromatic rings. The van der Waals surface area contributed by atoms with E-state index in [4.69, 9.17) is 4.74 Å². The van der Waals surface area contributed by atoms with Crippen LogP contribution in [-0.2, 0) is 17.6 Å². The number of hydrogen-bond acceptors (Lipinski definition) is 1. The summed E-state index contributed by atoms with van der Waals surface area (Å²) >= 11 is 0. The minimum Gasteiger partial charge on any atom is -0.378 e. The normalized spacial score (nSPS) is 19.8. The molecule has 1 nitrogen and oxygen atoms in total. The molecule has 0 amide bonds. The van der Waals surface area contributed by atoms with Gasteiger partial charge < -0.3 is 4.74 Å². The second-order valence-corrected chi connectivity index (χ2v) is 7.33. The van der Waals surface area contributed by atoms with E-state index >= 15 is 0 Å². The van der Waals surface area contributed by atoms with E-state index in [0.29, 0.717) is 48.8 Å². The Bertz CT molecular complexity index is 805. The summed E-state index contributed by atoms with van der Waals surface area (Å²) in [6.45, 7) is 2.18. The van der Waals surface area contributed by atoms with Crippen molar-refractivity contribution in [2.45, 2.75) is 57.5 Å². The molecule has 0 aliphatic carbocycles. The Morgan fingerprint density at radius 1 is 0.893 bits per heavy atom. The Labute approximate surface area is 161 Å². The maximum Gasteiger partial charge on any atom is 0.194 e. The van der Waals surface area contributed by atoms with Crippen molar-refractivity contribution in [1.82, 2.24) is 0 Å². The molecule has 0 spiro atoms. The summed E-state index contributed by atoms with van der Waals surface area (Å²) in [5, 5.41) is 0. The molecule has 0 saturated carbocycles. The van der Waals surface area contributed by atoms with E-state index in [1.165, 1.54) is 0 Å². The molecule has 152 valence electrons. The van der Waals surface area contributed by atoms with Crippen molar-refractivity contribution >= 4 is 0 Å². The van der Waals surface area contributed by atoms with E-state index in [0.717, 1.165) is 18.6 Å². The molecular formula is C22H23F5O. The van der Waals surface area contributed by atoms with Crippen LogP contribution in [-0.4, -0.2) is 12.7 Å². The fourth-order valence-electron chi connectivity index (χ4n) is 3.74. The minimum absolute atomic E-state index is 0.139. The average Bonchev–Trinajstić information content (AvgIpc) is 2.69. The zero-order valence-electron chi connectivity index (χ0n) is 15.7. The van der Waals surface area contributed by atoms with Crippen molar-refractivity contribution < 1.29 is 26.7 Å². The van der Waals surface area contributed by atoms with E-state index in [2.05, 4.69) is 0 Å². The second-order valence-electron chi connectivity index (χ2n) is 7.33. The molecule has 1 aliphatic rings. The molecule has 2 unspecified atom stereocenters. The lowest BCUT2D eigenvalue weighted by Crippen LogP contribution is -2.26. The van der Waals surface area contributed by atoms with Gasteiger partial charge in [-0.25, -0.2) is 22.0 Å². The van der Waals surface area contributed by atoms with Crippen LogP contribution in [0.2, 0.25) is 0 Å². The van der Waals surface area contributed by atoms with Crippen LogP contribution >= 0.6 is 0 Å². The van der Waals surface area contributed by atoms with Crippen LogP contribution in [0.25, 0.3) is 0 Å².